The third-order valence-corrected chi connectivity index (χ3v) is 3.44. The van der Waals surface area contributed by atoms with Gasteiger partial charge in [0.1, 0.15) is 0 Å². The fourth-order valence-electron chi connectivity index (χ4n) is 1.71. The SMILES string of the molecule is CCC(CC)C(=O)c1cc(C)ccc1Br. The molecule has 1 aromatic carbocycles. The molecule has 0 saturated carbocycles. The Morgan fingerprint density at radius 3 is 2.47 bits per heavy atom. The van der Waals surface area contributed by atoms with Gasteiger partial charge in [-0.2, -0.15) is 0 Å². The molecule has 0 N–H and O–H groups in total. The van der Waals surface area contributed by atoms with Crippen LogP contribution in [0.25, 0.3) is 0 Å². The summed E-state index contributed by atoms with van der Waals surface area (Å²) in [6.45, 7) is 6.14. The lowest BCUT2D eigenvalue weighted by Gasteiger charge is -2.12. The summed E-state index contributed by atoms with van der Waals surface area (Å²) in [6, 6.07) is 5.92. The Labute approximate surface area is 100 Å². The molecule has 82 valence electrons. The van der Waals surface area contributed by atoms with Crippen LogP contribution < -0.4 is 0 Å². The Bertz CT molecular complexity index is 354. The van der Waals surface area contributed by atoms with Gasteiger partial charge in [-0.3, -0.25) is 4.79 Å². The van der Waals surface area contributed by atoms with Crippen molar-refractivity contribution in [3.63, 3.8) is 0 Å². The number of carbonyl (C=O) groups is 1. The highest BCUT2D eigenvalue weighted by Gasteiger charge is 2.18. The van der Waals surface area contributed by atoms with Crippen molar-refractivity contribution in [3.8, 4) is 0 Å². The summed E-state index contributed by atoms with van der Waals surface area (Å²) in [5.74, 6) is 0.415. The quantitative estimate of drug-likeness (QED) is 0.741. The highest BCUT2D eigenvalue weighted by molar-refractivity contribution is 9.10. The van der Waals surface area contributed by atoms with Gasteiger partial charge in [-0.1, -0.05) is 41.4 Å². The summed E-state index contributed by atoms with van der Waals surface area (Å²) in [6.07, 6.45) is 1.82. The largest absolute Gasteiger partial charge is 0.294 e. The first-order valence-corrected chi connectivity index (χ1v) is 6.19. The number of rotatable bonds is 4. The van der Waals surface area contributed by atoms with Crippen molar-refractivity contribution in [2.45, 2.75) is 33.6 Å². The zero-order chi connectivity index (χ0) is 11.4. The molecular formula is C13H17BrO. The number of Topliss-reactive ketones (excluding diaryl/α,β-unsaturated/α-hetero) is 1. The Kier molecular flexibility index (Phi) is 4.52. The van der Waals surface area contributed by atoms with Crippen molar-refractivity contribution < 1.29 is 4.79 Å². The second-order valence-corrected chi connectivity index (χ2v) is 4.72. The molecule has 0 unspecified atom stereocenters. The predicted octanol–water partition coefficient (Wildman–Crippen LogP) is 4.38. The molecule has 0 fully saturated rings. The van der Waals surface area contributed by atoms with E-state index in [1.807, 2.05) is 25.1 Å². The van der Waals surface area contributed by atoms with Gasteiger partial charge in [0.2, 0.25) is 0 Å². The molecule has 2 heteroatoms. The van der Waals surface area contributed by atoms with E-state index in [2.05, 4.69) is 29.8 Å². The summed E-state index contributed by atoms with van der Waals surface area (Å²) >= 11 is 3.44. The third kappa shape index (κ3) is 2.91. The maximum Gasteiger partial charge on any atom is 0.167 e. The van der Waals surface area contributed by atoms with Crippen molar-refractivity contribution in [3.05, 3.63) is 33.8 Å². The molecule has 1 rings (SSSR count). The van der Waals surface area contributed by atoms with Gasteiger partial charge in [-0.25, -0.2) is 0 Å². The molecule has 1 nitrogen and oxygen atoms in total. The third-order valence-electron chi connectivity index (χ3n) is 2.74. The molecule has 0 saturated heterocycles. The lowest BCUT2D eigenvalue weighted by Crippen LogP contribution is -2.13. The van der Waals surface area contributed by atoms with Crippen molar-refractivity contribution in [1.29, 1.82) is 0 Å². The smallest absolute Gasteiger partial charge is 0.167 e. The van der Waals surface area contributed by atoms with E-state index in [1.54, 1.807) is 0 Å². The standard InChI is InChI=1S/C13H17BrO/c1-4-10(5-2)13(15)11-8-9(3)6-7-12(11)14/h6-8,10H,4-5H2,1-3H3. The van der Waals surface area contributed by atoms with Crippen molar-refractivity contribution in [2.75, 3.05) is 0 Å². The lowest BCUT2D eigenvalue weighted by molar-refractivity contribution is 0.0912. The number of aryl methyl sites for hydroxylation is 1. The Balaban J connectivity index is 3.04. The number of hydrogen-bond donors (Lipinski definition) is 0. The van der Waals surface area contributed by atoms with Crippen LogP contribution in [0.1, 0.15) is 42.6 Å². The summed E-state index contributed by atoms with van der Waals surface area (Å²) in [5, 5.41) is 0. The van der Waals surface area contributed by atoms with E-state index >= 15 is 0 Å². The highest BCUT2D eigenvalue weighted by Crippen LogP contribution is 2.23. The number of carbonyl (C=O) groups excluding carboxylic acids is 1. The average molecular weight is 269 g/mol. The first-order valence-electron chi connectivity index (χ1n) is 5.40. The van der Waals surface area contributed by atoms with Crippen LogP contribution in [-0.4, -0.2) is 5.78 Å². The number of benzene rings is 1. The zero-order valence-corrected chi connectivity index (χ0v) is 11.1. The Morgan fingerprint density at radius 2 is 1.93 bits per heavy atom. The van der Waals surface area contributed by atoms with E-state index in [0.717, 1.165) is 28.4 Å². The topological polar surface area (TPSA) is 17.1 Å². The van der Waals surface area contributed by atoms with Gasteiger partial charge < -0.3 is 0 Å². The fraction of sp³-hybridized carbons (Fsp3) is 0.462. The molecular weight excluding hydrogens is 252 g/mol. The number of ketones is 1. The maximum absolute atomic E-state index is 12.2. The van der Waals surface area contributed by atoms with Crippen LogP contribution in [0.4, 0.5) is 0 Å². The molecule has 0 spiro atoms. The van der Waals surface area contributed by atoms with Crippen LogP contribution in [0.5, 0.6) is 0 Å². The fourth-order valence-corrected chi connectivity index (χ4v) is 2.15. The Morgan fingerprint density at radius 1 is 1.33 bits per heavy atom. The van der Waals surface area contributed by atoms with Gasteiger partial charge in [-0.05, 0) is 31.9 Å². The number of hydrogen-bond acceptors (Lipinski definition) is 1. The molecule has 0 aliphatic rings. The summed E-state index contributed by atoms with van der Waals surface area (Å²) < 4.78 is 0.907. The number of halogens is 1. The van der Waals surface area contributed by atoms with Gasteiger partial charge in [-0.15, -0.1) is 0 Å². The zero-order valence-electron chi connectivity index (χ0n) is 9.51. The van der Waals surface area contributed by atoms with Gasteiger partial charge in [0.25, 0.3) is 0 Å². The van der Waals surface area contributed by atoms with E-state index < -0.39 is 0 Å². The molecule has 0 aromatic heterocycles. The molecule has 0 atom stereocenters. The molecule has 0 aliphatic carbocycles. The average Bonchev–Trinajstić information content (AvgIpc) is 2.23. The second-order valence-electron chi connectivity index (χ2n) is 3.86. The predicted molar refractivity (Wildman–Crippen MR) is 67.3 cm³/mol. The van der Waals surface area contributed by atoms with Crippen molar-refractivity contribution in [2.24, 2.45) is 5.92 Å². The van der Waals surface area contributed by atoms with Crippen LogP contribution in [0.15, 0.2) is 22.7 Å². The normalized spacial score (nSPS) is 10.7. The van der Waals surface area contributed by atoms with E-state index in [9.17, 15) is 4.79 Å². The Hall–Kier alpha value is -0.630. The van der Waals surface area contributed by atoms with E-state index in [4.69, 9.17) is 0 Å². The lowest BCUT2D eigenvalue weighted by atomic mass is 9.92. The first-order chi connectivity index (χ1) is 7.10. The van der Waals surface area contributed by atoms with Crippen LogP contribution in [0, 0.1) is 12.8 Å². The minimum Gasteiger partial charge on any atom is -0.294 e. The minimum absolute atomic E-state index is 0.156. The van der Waals surface area contributed by atoms with E-state index in [0.29, 0.717) is 0 Å². The minimum atomic E-state index is 0.156. The van der Waals surface area contributed by atoms with Gasteiger partial charge in [0, 0.05) is 16.0 Å². The molecule has 0 heterocycles. The van der Waals surface area contributed by atoms with E-state index in [1.165, 1.54) is 0 Å². The molecule has 15 heavy (non-hydrogen) atoms. The molecule has 0 aliphatic heterocycles. The van der Waals surface area contributed by atoms with Crippen LogP contribution in [0.3, 0.4) is 0 Å². The monoisotopic (exact) mass is 268 g/mol. The molecule has 0 amide bonds. The summed E-state index contributed by atoms with van der Waals surface area (Å²) in [7, 11) is 0. The second kappa shape index (κ2) is 5.45. The van der Waals surface area contributed by atoms with Crippen molar-refractivity contribution in [1.82, 2.24) is 0 Å². The van der Waals surface area contributed by atoms with Crippen LogP contribution in [0.2, 0.25) is 0 Å². The summed E-state index contributed by atoms with van der Waals surface area (Å²) in [4.78, 5) is 12.2. The summed E-state index contributed by atoms with van der Waals surface area (Å²) in [5.41, 5.74) is 1.95. The van der Waals surface area contributed by atoms with Gasteiger partial charge >= 0.3 is 0 Å². The van der Waals surface area contributed by atoms with E-state index in [-0.39, 0.29) is 11.7 Å². The highest BCUT2D eigenvalue weighted by atomic mass is 79.9. The molecule has 1 aromatic rings. The van der Waals surface area contributed by atoms with Crippen molar-refractivity contribution >= 4 is 21.7 Å². The maximum atomic E-state index is 12.2. The van der Waals surface area contributed by atoms with Gasteiger partial charge in [0.15, 0.2) is 5.78 Å². The van der Waals surface area contributed by atoms with Gasteiger partial charge in [0.05, 0.1) is 0 Å². The van der Waals surface area contributed by atoms with Crippen LogP contribution in [-0.2, 0) is 0 Å². The molecule has 0 radical (unpaired) electrons. The van der Waals surface area contributed by atoms with Crippen LogP contribution >= 0.6 is 15.9 Å². The first kappa shape index (κ1) is 12.4. The molecule has 0 bridgehead atoms.